The smallest absolute Gasteiger partial charge is 0.260 e. The monoisotopic (exact) mass is 326 g/mol. The second kappa shape index (κ2) is 6.98. The minimum atomic E-state index is 0.0985. The summed E-state index contributed by atoms with van der Waals surface area (Å²) >= 11 is 0. The highest BCUT2D eigenvalue weighted by molar-refractivity contribution is 5.77. The molecule has 1 aliphatic heterocycles. The van der Waals surface area contributed by atoms with Crippen LogP contribution < -0.4 is 4.74 Å². The standard InChI is InChI=1S/C20H26N2O2/c23-20(15-24-19-4-2-1-3-5-19)22-10-8-21(9-11-22)14-18-13-16-6-7-17(18)12-16/h1-7,16-18H,8-15H2/t16-,17-,18-/m1/s1. The maximum absolute atomic E-state index is 12.3. The third kappa shape index (κ3) is 3.48. The zero-order chi connectivity index (χ0) is 16.4. The molecule has 0 aromatic heterocycles. The van der Waals surface area contributed by atoms with E-state index in [-0.39, 0.29) is 12.5 Å². The van der Waals surface area contributed by atoms with Crippen molar-refractivity contribution in [2.45, 2.75) is 12.8 Å². The van der Waals surface area contributed by atoms with Crippen molar-refractivity contribution in [3.63, 3.8) is 0 Å². The fraction of sp³-hybridized carbons (Fsp3) is 0.550. The normalized spacial score (nSPS) is 29.2. The van der Waals surface area contributed by atoms with Crippen molar-refractivity contribution >= 4 is 5.91 Å². The van der Waals surface area contributed by atoms with Crippen LogP contribution in [0.3, 0.4) is 0 Å². The molecule has 0 N–H and O–H groups in total. The fourth-order valence-electron chi connectivity index (χ4n) is 4.37. The average Bonchev–Trinajstić information content (AvgIpc) is 3.24. The molecule has 3 atom stereocenters. The van der Waals surface area contributed by atoms with Gasteiger partial charge in [0.1, 0.15) is 5.75 Å². The van der Waals surface area contributed by atoms with E-state index in [9.17, 15) is 4.79 Å². The lowest BCUT2D eigenvalue weighted by Gasteiger charge is -2.36. The van der Waals surface area contributed by atoms with Crippen molar-refractivity contribution in [3.8, 4) is 5.75 Å². The highest BCUT2D eigenvalue weighted by Crippen LogP contribution is 2.43. The third-order valence-electron chi connectivity index (χ3n) is 5.74. The molecule has 1 aromatic carbocycles. The Labute approximate surface area is 144 Å². The summed E-state index contributed by atoms with van der Waals surface area (Å²) in [5.41, 5.74) is 0. The molecule has 1 amide bonds. The van der Waals surface area contributed by atoms with E-state index in [2.05, 4.69) is 17.1 Å². The summed E-state index contributed by atoms with van der Waals surface area (Å²) in [6, 6.07) is 9.55. The van der Waals surface area contributed by atoms with Gasteiger partial charge in [-0.25, -0.2) is 0 Å². The number of amides is 1. The quantitative estimate of drug-likeness (QED) is 0.779. The number of rotatable bonds is 5. The number of carbonyl (C=O) groups is 1. The van der Waals surface area contributed by atoms with Gasteiger partial charge in [-0.3, -0.25) is 9.69 Å². The van der Waals surface area contributed by atoms with Gasteiger partial charge in [0.05, 0.1) is 0 Å². The maximum Gasteiger partial charge on any atom is 0.260 e. The van der Waals surface area contributed by atoms with Gasteiger partial charge in [-0.1, -0.05) is 30.4 Å². The summed E-state index contributed by atoms with van der Waals surface area (Å²) < 4.78 is 5.58. The van der Waals surface area contributed by atoms with Crippen molar-refractivity contribution in [2.24, 2.45) is 17.8 Å². The molecule has 1 saturated heterocycles. The van der Waals surface area contributed by atoms with Crippen LogP contribution in [0, 0.1) is 17.8 Å². The summed E-state index contributed by atoms with van der Waals surface area (Å²) in [5, 5.41) is 0. The molecule has 4 heteroatoms. The van der Waals surface area contributed by atoms with Crippen molar-refractivity contribution in [3.05, 3.63) is 42.5 Å². The second-order valence-electron chi connectivity index (χ2n) is 7.32. The molecule has 1 heterocycles. The lowest BCUT2D eigenvalue weighted by atomic mass is 9.93. The Morgan fingerprint density at radius 3 is 2.50 bits per heavy atom. The minimum Gasteiger partial charge on any atom is -0.484 e. The van der Waals surface area contributed by atoms with E-state index in [0.29, 0.717) is 0 Å². The van der Waals surface area contributed by atoms with Crippen LogP contribution in [0.1, 0.15) is 12.8 Å². The first-order valence-electron chi connectivity index (χ1n) is 9.14. The summed E-state index contributed by atoms with van der Waals surface area (Å²) in [5.74, 6) is 3.35. The first kappa shape index (κ1) is 15.7. The number of hydrogen-bond donors (Lipinski definition) is 0. The second-order valence-corrected chi connectivity index (χ2v) is 7.32. The summed E-state index contributed by atoms with van der Waals surface area (Å²) in [6.07, 6.45) is 7.58. The molecule has 4 rings (SSSR count). The van der Waals surface area contributed by atoms with Crippen LogP contribution in [0.25, 0.3) is 0 Å². The summed E-state index contributed by atoms with van der Waals surface area (Å²) in [7, 11) is 0. The molecule has 3 aliphatic rings. The van der Waals surface area contributed by atoms with Gasteiger partial charge >= 0.3 is 0 Å². The molecular formula is C20H26N2O2. The third-order valence-corrected chi connectivity index (χ3v) is 5.74. The van der Waals surface area contributed by atoms with Gasteiger partial charge < -0.3 is 9.64 Å². The maximum atomic E-state index is 12.3. The number of allylic oxidation sites excluding steroid dienone is 2. The van der Waals surface area contributed by atoms with Crippen molar-refractivity contribution < 1.29 is 9.53 Å². The Morgan fingerprint density at radius 1 is 1.04 bits per heavy atom. The minimum absolute atomic E-state index is 0.0985. The molecular weight excluding hydrogens is 300 g/mol. The number of fused-ring (bicyclic) bond motifs is 2. The van der Waals surface area contributed by atoms with Gasteiger partial charge in [0, 0.05) is 32.7 Å². The van der Waals surface area contributed by atoms with Crippen LogP contribution >= 0.6 is 0 Å². The topological polar surface area (TPSA) is 32.8 Å². The van der Waals surface area contributed by atoms with Crippen LogP contribution in [0.15, 0.2) is 42.5 Å². The van der Waals surface area contributed by atoms with E-state index >= 15 is 0 Å². The van der Waals surface area contributed by atoms with E-state index in [0.717, 1.165) is 49.7 Å². The Kier molecular flexibility index (Phi) is 4.56. The van der Waals surface area contributed by atoms with Gasteiger partial charge in [0.15, 0.2) is 6.61 Å². The largest absolute Gasteiger partial charge is 0.484 e. The number of hydrogen-bond acceptors (Lipinski definition) is 3. The van der Waals surface area contributed by atoms with Crippen LogP contribution in [0.2, 0.25) is 0 Å². The van der Waals surface area contributed by atoms with Crippen LogP contribution in [0.4, 0.5) is 0 Å². The molecule has 1 aromatic rings. The van der Waals surface area contributed by atoms with E-state index in [4.69, 9.17) is 4.74 Å². The molecule has 0 spiro atoms. The fourth-order valence-corrected chi connectivity index (χ4v) is 4.37. The SMILES string of the molecule is O=C(COc1ccccc1)N1CCN(C[C@H]2C[C@@H]3C=C[C@@H]2C3)CC1. The summed E-state index contributed by atoms with van der Waals surface area (Å²) in [4.78, 5) is 16.8. The lowest BCUT2D eigenvalue weighted by molar-refractivity contribution is -0.135. The molecule has 2 fully saturated rings. The van der Waals surface area contributed by atoms with Crippen LogP contribution in [-0.4, -0.2) is 55.0 Å². The van der Waals surface area contributed by atoms with E-state index < -0.39 is 0 Å². The number of carbonyl (C=O) groups excluding carboxylic acids is 1. The van der Waals surface area contributed by atoms with E-state index in [1.165, 1.54) is 19.4 Å². The molecule has 24 heavy (non-hydrogen) atoms. The van der Waals surface area contributed by atoms with E-state index in [1.54, 1.807) is 0 Å². The number of ether oxygens (including phenoxy) is 1. The number of para-hydroxylation sites is 1. The van der Waals surface area contributed by atoms with Crippen molar-refractivity contribution in [1.82, 2.24) is 9.80 Å². The molecule has 2 aliphatic carbocycles. The Morgan fingerprint density at radius 2 is 1.83 bits per heavy atom. The lowest BCUT2D eigenvalue weighted by Crippen LogP contribution is -2.51. The van der Waals surface area contributed by atoms with Gasteiger partial charge in [0.25, 0.3) is 5.91 Å². The Hall–Kier alpha value is -1.81. The van der Waals surface area contributed by atoms with Gasteiger partial charge in [-0.15, -0.1) is 0 Å². The van der Waals surface area contributed by atoms with Crippen molar-refractivity contribution in [2.75, 3.05) is 39.3 Å². The van der Waals surface area contributed by atoms with Crippen molar-refractivity contribution in [1.29, 1.82) is 0 Å². The molecule has 0 unspecified atom stereocenters. The molecule has 2 bridgehead atoms. The molecule has 1 saturated carbocycles. The molecule has 0 radical (unpaired) electrons. The zero-order valence-electron chi connectivity index (χ0n) is 14.1. The number of benzene rings is 1. The van der Waals surface area contributed by atoms with Crippen LogP contribution in [-0.2, 0) is 4.79 Å². The highest BCUT2D eigenvalue weighted by atomic mass is 16.5. The predicted octanol–water partition coefficient (Wildman–Crippen LogP) is 2.42. The predicted molar refractivity (Wildman–Crippen MR) is 93.8 cm³/mol. The first-order chi connectivity index (χ1) is 11.8. The Bertz CT molecular complexity index is 593. The average molecular weight is 326 g/mol. The van der Waals surface area contributed by atoms with E-state index in [1.807, 2.05) is 35.2 Å². The van der Waals surface area contributed by atoms with Gasteiger partial charge in [-0.05, 0) is 42.7 Å². The first-order valence-corrected chi connectivity index (χ1v) is 9.14. The molecule has 128 valence electrons. The number of piperazine rings is 1. The molecule has 4 nitrogen and oxygen atoms in total. The highest BCUT2D eigenvalue weighted by Gasteiger charge is 2.36. The zero-order valence-corrected chi connectivity index (χ0v) is 14.1. The van der Waals surface area contributed by atoms with Gasteiger partial charge in [-0.2, -0.15) is 0 Å². The summed E-state index contributed by atoms with van der Waals surface area (Å²) in [6.45, 7) is 4.99. The van der Waals surface area contributed by atoms with Crippen LogP contribution in [0.5, 0.6) is 5.75 Å². The Balaban J connectivity index is 1.20. The number of nitrogens with zero attached hydrogens (tertiary/aromatic N) is 2. The van der Waals surface area contributed by atoms with Gasteiger partial charge in [0.2, 0.25) is 0 Å².